The van der Waals surface area contributed by atoms with Crippen molar-refractivity contribution in [2.75, 3.05) is 13.7 Å². The third kappa shape index (κ3) is 4.80. The van der Waals surface area contributed by atoms with Crippen LogP contribution in [-0.4, -0.2) is 35.6 Å². The Morgan fingerprint density at radius 3 is 2.48 bits per heavy atom. The van der Waals surface area contributed by atoms with Crippen LogP contribution >= 0.6 is 15.9 Å². The highest BCUT2D eigenvalue weighted by Gasteiger charge is 2.26. The van der Waals surface area contributed by atoms with E-state index >= 15 is 0 Å². The Bertz CT molecular complexity index is 431. The summed E-state index contributed by atoms with van der Waals surface area (Å²) in [7, 11) is 1.81. The number of ether oxygens (including phenoxy) is 1. The summed E-state index contributed by atoms with van der Waals surface area (Å²) in [5, 5.41) is 8.24. The van der Waals surface area contributed by atoms with E-state index in [9.17, 15) is 0 Å². The van der Waals surface area contributed by atoms with Gasteiger partial charge in [0.15, 0.2) is 0 Å². The normalized spacial score (nSPS) is 14.7. The molecule has 0 saturated carbocycles. The smallest absolute Gasteiger partial charge is 0.0750 e. The standard InChI is InChI=1S/C16H30BrN3O/c1-7-9-18-13(16(21-6)11(3)4)10-14-15(17)12(5)19-20(14)8-2/h11,13,16,18H,7-10H2,1-6H3. The van der Waals surface area contributed by atoms with E-state index in [2.05, 4.69) is 58.7 Å². The molecule has 4 nitrogen and oxygen atoms in total. The molecule has 0 bridgehead atoms. The molecule has 122 valence electrons. The van der Waals surface area contributed by atoms with Crippen LogP contribution in [0.5, 0.6) is 0 Å². The van der Waals surface area contributed by atoms with Gasteiger partial charge in [0.05, 0.1) is 22.0 Å². The molecule has 1 heterocycles. The fourth-order valence-corrected chi connectivity index (χ4v) is 3.25. The molecule has 0 aliphatic rings. The van der Waals surface area contributed by atoms with Crippen molar-refractivity contribution in [3.8, 4) is 0 Å². The number of halogens is 1. The van der Waals surface area contributed by atoms with Crippen LogP contribution in [0.1, 0.15) is 45.5 Å². The molecule has 0 saturated heterocycles. The molecule has 0 fully saturated rings. The minimum absolute atomic E-state index is 0.198. The van der Waals surface area contributed by atoms with Gasteiger partial charge in [-0.3, -0.25) is 4.68 Å². The third-order valence-corrected chi connectivity index (χ3v) is 4.88. The van der Waals surface area contributed by atoms with E-state index in [4.69, 9.17) is 4.74 Å². The molecule has 0 aliphatic carbocycles. The van der Waals surface area contributed by atoms with Crippen LogP contribution in [0.2, 0.25) is 0 Å². The summed E-state index contributed by atoms with van der Waals surface area (Å²) in [5.41, 5.74) is 2.31. The summed E-state index contributed by atoms with van der Waals surface area (Å²) in [5.74, 6) is 0.474. The van der Waals surface area contributed by atoms with E-state index in [-0.39, 0.29) is 6.10 Å². The Hall–Kier alpha value is -0.390. The number of nitrogens with zero attached hydrogens (tertiary/aromatic N) is 2. The van der Waals surface area contributed by atoms with Gasteiger partial charge >= 0.3 is 0 Å². The van der Waals surface area contributed by atoms with Gasteiger partial charge in [0.2, 0.25) is 0 Å². The molecule has 2 unspecified atom stereocenters. The molecule has 0 radical (unpaired) electrons. The first-order chi connectivity index (χ1) is 9.96. The lowest BCUT2D eigenvalue weighted by atomic mass is 9.95. The molecule has 1 aromatic rings. The van der Waals surface area contributed by atoms with E-state index in [0.717, 1.165) is 36.1 Å². The Kier molecular flexibility index (Phi) is 7.92. The van der Waals surface area contributed by atoms with Gasteiger partial charge in [-0.1, -0.05) is 20.8 Å². The first-order valence-electron chi connectivity index (χ1n) is 7.94. The predicted molar refractivity (Wildman–Crippen MR) is 91.8 cm³/mol. The van der Waals surface area contributed by atoms with Gasteiger partial charge < -0.3 is 10.1 Å². The highest BCUT2D eigenvalue weighted by atomic mass is 79.9. The maximum atomic E-state index is 5.76. The molecule has 0 spiro atoms. The zero-order valence-corrected chi connectivity index (χ0v) is 15.8. The van der Waals surface area contributed by atoms with Gasteiger partial charge in [-0.25, -0.2) is 0 Å². The van der Waals surface area contributed by atoms with Crippen LogP contribution in [-0.2, 0) is 17.7 Å². The Morgan fingerprint density at radius 1 is 1.33 bits per heavy atom. The molecule has 0 aliphatic heterocycles. The van der Waals surface area contributed by atoms with Gasteiger partial charge in [-0.2, -0.15) is 5.10 Å². The van der Waals surface area contributed by atoms with Crippen molar-refractivity contribution in [3.63, 3.8) is 0 Å². The number of hydrogen-bond donors (Lipinski definition) is 1. The molecule has 1 aromatic heterocycles. The molecule has 1 rings (SSSR count). The van der Waals surface area contributed by atoms with Crippen LogP contribution in [0.15, 0.2) is 4.47 Å². The zero-order chi connectivity index (χ0) is 16.0. The van der Waals surface area contributed by atoms with Crippen LogP contribution < -0.4 is 5.32 Å². The minimum atomic E-state index is 0.198. The minimum Gasteiger partial charge on any atom is -0.380 e. The largest absolute Gasteiger partial charge is 0.380 e. The van der Waals surface area contributed by atoms with E-state index in [1.807, 2.05) is 14.0 Å². The lowest BCUT2D eigenvalue weighted by molar-refractivity contribution is 0.0327. The summed E-state index contributed by atoms with van der Waals surface area (Å²) >= 11 is 3.69. The van der Waals surface area contributed by atoms with E-state index < -0.39 is 0 Å². The monoisotopic (exact) mass is 359 g/mol. The summed E-state index contributed by atoms with van der Waals surface area (Å²) in [4.78, 5) is 0. The van der Waals surface area contributed by atoms with Crippen LogP contribution in [0.25, 0.3) is 0 Å². The molecule has 0 aromatic carbocycles. The maximum absolute atomic E-state index is 5.76. The second-order valence-electron chi connectivity index (χ2n) is 5.87. The van der Waals surface area contributed by atoms with Crippen molar-refractivity contribution >= 4 is 15.9 Å². The van der Waals surface area contributed by atoms with Crippen molar-refractivity contribution < 1.29 is 4.74 Å². The van der Waals surface area contributed by atoms with E-state index in [0.29, 0.717) is 12.0 Å². The van der Waals surface area contributed by atoms with Crippen LogP contribution in [0, 0.1) is 12.8 Å². The summed E-state index contributed by atoms with van der Waals surface area (Å²) < 4.78 is 8.98. The van der Waals surface area contributed by atoms with Crippen molar-refractivity contribution in [1.82, 2.24) is 15.1 Å². The number of aryl methyl sites for hydroxylation is 2. The van der Waals surface area contributed by atoms with Crippen LogP contribution in [0.3, 0.4) is 0 Å². The molecule has 21 heavy (non-hydrogen) atoms. The van der Waals surface area contributed by atoms with E-state index in [1.165, 1.54) is 5.69 Å². The lowest BCUT2D eigenvalue weighted by Crippen LogP contribution is -2.46. The Morgan fingerprint density at radius 2 is 2.00 bits per heavy atom. The number of aromatic nitrogens is 2. The van der Waals surface area contributed by atoms with Crippen molar-refractivity contribution in [1.29, 1.82) is 0 Å². The molecular formula is C16H30BrN3O. The first-order valence-corrected chi connectivity index (χ1v) is 8.73. The Balaban J connectivity index is 3.00. The molecule has 0 amide bonds. The van der Waals surface area contributed by atoms with Crippen LogP contribution in [0.4, 0.5) is 0 Å². The van der Waals surface area contributed by atoms with Gasteiger partial charge in [-0.15, -0.1) is 0 Å². The topological polar surface area (TPSA) is 39.1 Å². The van der Waals surface area contributed by atoms with Gasteiger partial charge in [0.1, 0.15) is 0 Å². The summed E-state index contributed by atoms with van der Waals surface area (Å²) in [6.45, 7) is 12.7. The highest BCUT2D eigenvalue weighted by molar-refractivity contribution is 9.10. The molecule has 5 heteroatoms. The number of methoxy groups -OCH3 is 1. The predicted octanol–water partition coefficient (Wildman–Crippen LogP) is 3.56. The van der Waals surface area contributed by atoms with Gasteiger partial charge in [0, 0.05) is 26.1 Å². The third-order valence-electron chi connectivity index (χ3n) is 3.85. The first kappa shape index (κ1) is 18.7. The fraction of sp³-hybridized carbons (Fsp3) is 0.812. The Labute approximate surface area is 137 Å². The van der Waals surface area contributed by atoms with Crippen molar-refractivity contribution in [3.05, 3.63) is 15.9 Å². The second-order valence-corrected chi connectivity index (χ2v) is 6.66. The van der Waals surface area contributed by atoms with E-state index in [1.54, 1.807) is 0 Å². The average Bonchev–Trinajstić information content (AvgIpc) is 2.72. The van der Waals surface area contributed by atoms with Gasteiger partial charge in [-0.05, 0) is 48.7 Å². The SMILES string of the molecule is CCCNC(Cc1c(Br)c(C)nn1CC)C(OC)C(C)C. The number of hydrogen-bond acceptors (Lipinski definition) is 3. The average molecular weight is 360 g/mol. The van der Waals surface area contributed by atoms with Crippen molar-refractivity contribution in [2.24, 2.45) is 5.92 Å². The summed E-state index contributed by atoms with van der Waals surface area (Å²) in [6.07, 6.45) is 2.24. The second kappa shape index (κ2) is 8.91. The molecular weight excluding hydrogens is 330 g/mol. The summed E-state index contributed by atoms with van der Waals surface area (Å²) in [6, 6.07) is 0.299. The maximum Gasteiger partial charge on any atom is 0.0750 e. The number of rotatable bonds is 9. The highest BCUT2D eigenvalue weighted by Crippen LogP contribution is 2.24. The molecule has 2 atom stereocenters. The van der Waals surface area contributed by atoms with Gasteiger partial charge in [0.25, 0.3) is 0 Å². The lowest BCUT2D eigenvalue weighted by Gasteiger charge is -2.30. The number of nitrogens with one attached hydrogen (secondary N) is 1. The van der Waals surface area contributed by atoms with Crippen molar-refractivity contribution in [2.45, 2.75) is 66.2 Å². The zero-order valence-electron chi connectivity index (χ0n) is 14.2. The fourth-order valence-electron chi connectivity index (χ4n) is 2.81. The molecule has 1 N–H and O–H groups in total. The quantitative estimate of drug-likeness (QED) is 0.732.